The number of carbonyl (C=O) groups is 1. The van der Waals surface area contributed by atoms with E-state index in [0.29, 0.717) is 35.1 Å². The Morgan fingerprint density at radius 2 is 1.70 bits per heavy atom. The molecule has 0 amide bonds. The molecular weight excluding hydrogens is 378 g/mol. The van der Waals surface area contributed by atoms with Crippen LogP contribution in [0.15, 0.2) is 66.9 Å². The third-order valence-corrected chi connectivity index (χ3v) is 5.38. The van der Waals surface area contributed by atoms with Gasteiger partial charge < -0.3 is 14.2 Å². The van der Waals surface area contributed by atoms with Crippen molar-refractivity contribution in [3.05, 3.63) is 83.7 Å². The molecule has 0 saturated heterocycles. The molecular formula is C25H19NO4. The zero-order chi connectivity index (χ0) is 20.7. The summed E-state index contributed by atoms with van der Waals surface area (Å²) in [5.74, 6) is 1.73. The second-order valence-corrected chi connectivity index (χ2v) is 7.05. The molecule has 5 nitrogen and oxygen atoms in total. The van der Waals surface area contributed by atoms with Crippen LogP contribution in [-0.4, -0.2) is 25.0 Å². The Bertz CT molecular complexity index is 1280. The average Bonchev–Trinajstić information content (AvgIpc) is 2.80. The molecule has 0 N–H and O–H groups in total. The summed E-state index contributed by atoms with van der Waals surface area (Å²) in [7, 11) is 3.20. The third-order valence-electron chi connectivity index (χ3n) is 5.38. The number of pyridine rings is 1. The van der Waals surface area contributed by atoms with Crippen molar-refractivity contribution in [3.63, 3.8) is 0 Å². The van der Waals surface area contributed by atoms with Gasteiger partial charge in [-0.05, 0) is 47.0 Å². The molecule has 0 fully saturated rings. The van der Waals surface area contributed by atoms with Crippen LogP contribution in [0.5, 0.6) is 17.2 Å². The number of hydrogen-bond donors (Lipinski definition) is 0. The third kappa shape index (κ3) is 2.78. The summed E-state index contributed by atoms with van der Waals surface area (Å²) in [6.07, 6.45) is 1.63. The van der Waals surface area contributed by atoms with E-state index in [1.165, 1.54) is 0 Å². The van der Waals surface area contributed by atoms with Gasteiger partial charge in [-0.25, -0.2) is 0 Å². The lowest BCUT2D eigenvalue weighted by molar-refractivity contribution is 0.103. The van der Waals surface area contributed by atoms with Crippen molar-refractivity contribution in [2.24, 2.45) is 0 Å². The van der Waals surface area contributed by atoms with E-state index in [1.54, 1.807) is 26.5 Å². The highest BCUT2D eigenvalue weighted by Crippen LogP contribution is 2.46. The molecule has 1 heterocycles. The lowest BCUT2D eigenvalue weighted by Gasteiger charge is -2.22. The lowest BCUT2D eigenvalue weighted by atomic mass is 9.85. The zero-order valence-electron chi connectivity index (χ0n) is 16.6. The van der Waals surface area contributed by atoms with Crippen LogP contribution in [0.4, 0.5) is 0 Å². The van der Waals surface area contributed by atoms with Crippen molar-refractivity contribution in [1.29, 1.82) is 0 Å². The fourth-order valence-electron chi connectivity index (χ4n) is 3.98. The Balaban J connectivity index is 1.63. The molecule has 0 spiro atoms. The van der Waals surface area contributed by atoms with Crippen molar-refractivity contribution in [2.75, 3.05) is 14.2 Å². The number of ether oxygens (including phenoxy) is 3. The van der Waals surface area contributed by atoms with Gasteiger partial charge in [-0.2, -0.15) is 0 Å². The number of nitrogens with zero attached hydrogens (tertiary/aromatic N) is 1. The van der Waals surface area contributed by atoms with E-state index in [2.05, 4.69) is 4.98 Å². The van der Waals surface area contributed by atoms with Gasteiger partial charge >= 0.3 is 0 Å². The van der Waals surface area contributed by atoms with Crippen molar-refractivity contribution in [1.82, 2.24) is 4.98 Å². The van der Waals surface area contributed by atoms with E-state index < -0.39 is 0 Å². The standard InChI is InChI=1S/C25H19NO4/c1-28-21-13-19-17-9-8-16(30-14-15-6-4-3-5-7-15)12-20(17)24(27)23-22(19)18(10-11-26-23)25(21)29-2/h3-13H,14H2,1-2H3. The summed E-state index contributed by atoms with van der Waals surface area (Å²) in [6.45, 7) is 0.434. The van der Waals surface area contributed by atoms with Gasteiger partial charge in [0, 0.05) is 22.5 Å². The van der Waals surface area contributed by atoms with Crippen molar-refractivity contribution < 1.29 is 19.0 Å². The summed E-state index contributed by atoms with van der Waals surface area (Å²) < 4.78 is 17.0. The monoisotopic (exact) mass is 397 g/mol. The van der Waals surface area contributed by atoms with Crippen LogP contribution >= 0.6 is 0 Å². The van der Waals surface area contributed by atoms with E-state index in [1.807, 2.05) is 54.6 Å². The van der Waals surface area contributed by atoms with Crippen LogP contribution < -0.4 is 14.2 Å². The number of benzene rings is 3. The van der Waals surface area contributed by atoms with Gasteiger partial charge in [0.05, 0.1) is 14.2 Å². The van der Waals surface area contributed by atoms with Gasteiger partial charge in [0.2, 0.25) is 5.78 Å². The van der Waals surface area contributed by atoms with Gasteiger partial charge in [-0.1, -0.05) is 30.3 Å². The van der Waals surface area contributed by atoms with Crippen LogP contribution in [0.25, 0.3) is 21.9 Å². The summed E-state index contributed by atoms with van der Waals surface area (Å²) >= 11 is 0. The molecule has 1 aliphatic rings. The number of carbonyl (C=O) groups excluding carboxylic acids is 1. The molecule has 0 radical (unpaired) electrons. The SMILES string of the molecule is COc1cc2c3c(nccc3c1OC)C(=O)c1cc(OCc3ccccc3)ccc1-2. The minimum absolute atomic E-state index is 0.125. The van der Waals surface area contributed by atoms with Crippen molar-refractivity contribution >= 4 is 16.6 Å². The first-order valence-corrected chi connectivity index (χ1v) is 9.61. The fourth-order valence-corrected chi connectivity index (χ4v) is 3.98. The molecule has 148 valence electrons. The van der Waals surface area contributed by atoms with Crippen molar-refractivity contribution in [2.45, 2.75) is 6.61 Å². The van der Waals surface area contributed by atoms with E-state index in [0.717, 1.165) is 27.5 Å². The van der Waals surface area contributed by atoms with Gasteiger partial charge in [0.15, 0.2) is 11.5 Å². The smallest absolute Gasteiger partial charge is 0.212 e. The predicted molar refractivity (Wildman–Crippen MR) is 114 cm³/mol. The Kier molecular flexibility index (Phi) is 4.36. The molecule has 30 heavy (non-hydrogen) atoms. The molecule has 0 atom stereocenters. The highest BCUT2D eigenvalue weighted by atomic mass is 16.5. The Morgan fingerprint density at radius 1 is 0.867 bits per heavy atom. The molecule has 5 heteroatoms. The molecule has 0 unspecified atom stereocenters. The number of ketones is 1. The van der Waals surface area contributed by atoms with Gasteiger partial charge in [0.25, 0.3) is 0 Å². The van der Waals surface area contributed by atoms with Gasteiger partial charge in [-0.3, -0.25) is 9.78 Å². The second kappa shape index (κ2) is 7.19. The average molecular weight is 397 g/mol. The first-order chi connectivity index (χ1) is 14.7. The highest BCUT2D eigenvalue weighted by Gasteiger charge is 2.29. The van der Waals surface area contributed by atoms with Crippen LogP contribution in [0.3, 0.4) is 0 Å². The van der Waals surface area contributed by atoms with E-state index >= 15 is 0 Å². The topological polar surface area (TPSA) is 57.7 Å². The minimum Gasteiger partial charge on any atom is -0.493 e. The summed E-state index contributed by atoms with van der Waals surface area (Å²) in [6, 6.07) is 19.3. The zero-order valence-corrected chi connectivity index (χ0v) is 16.6. The van der Waals surface area contributed by atoms with E-state index in [4.69, 9.17) is 14.2 Å². The Labute approximate surface area is 173 Å². The molecule has 4 aromatic rings. The number of fused-ring (bicyclic) bond motifs is 2. The number of methoxy groups -OCH3 is 2. The lowest BCUT2D eigenvalue weighted by Crippen LogP contribution is -2.13. The largest absolute Gasteiger partial charge is 0.493 e. The quantitative estimate of drug-likeness (QED) is 0.416. The number of rotatable bonds is 5. The predicted octanol–water partition coefficient (Wildman–Crippen LogP) is 5.04. The summed E-state index contributed by atoms with van der Waals surface area (Å²) in [4.78, 5) is 17.7. The Morgan fingerprint density at radius 3 is 2.47 bits per heavy atom. The van der Waals surface area contributed by atoms with Crippen LogP contribution in [0.1, 0.15) is 21.6 Å². The Hall–Kier alpha value is -3.86. The molecule has 1 aliphatic carbocycles. The van der Waals surface area contributed by atoms with Crippen LogP contribution in [0.2, 0.25) is 0 Å². The normalized spacial score (nSPS) is 11.9. The van der Waals surface area contributed by atoms with Gasteiger partial charge in [0.1, 0.15) is 18.1 Å². The maximum absolute atomic E-state index is 13.3. The molecule has 1 aromatic heterocycles. The highest BCUT2D eigenvalue weighted by molar-refractivity contribution is 6.25. The van der Waals surface area contributed by atoms with E-state index in [9.17, 15) is 4.79 Å². The number of hydrogen-bond acceptors (Lipinski definition) is 5. The van der Waals surface area contributed by atoms with E-state index in [-0.39, 0.29) is 5.78 Å². The molecule has 0 bridgehead atoms. The second-order valence-electron chi connectivity index (χ2n) is 7.05. The number of aromatic nitrogens is 1. The van der Waals surface area contributed by atoms with Crippen LogP contribution in [-0.2, 0) is 6.61 Å². The van der Waals surface area contributed by atoms with Crippen LogP contribution in [0, 0.1) is 0 Å². The first-order valence-electron chi connectivity index (χ1n) is 9.61. The molecule has 0 aliphatic heterocycles. The minimum atomic E-state index is -0.125. The maximum Gasteiger partial charge on any atom is 0.212 e. The first kappa shape index (κ1) is 18.2. The summed E-state index contributed by atoms with van der Waals surface area (Å²) in [5, 5.41) is 1.59. The maximum atomic E-state index is 13.3. The molecule has 5 rings (SSSR count). The molecule has 0 saturated carbocycles. The van der Waals surface area contributed by atoms with Gasteiger partial charge in [-0.15, -0.1) is 0 Å². The summed E-state index contributed by atoms with van der Waals surface area (Å²) in [5.41, 5.74) is 3.78. The van der Waals surface area contributed by atoms with Crippen molar-refractivity contribution in [3.8, 4) is 28.4 Å². The fraction of sp³-hybridized carbons (Fsp3) is 0.120. The molecule has 3 aromatic carbocycles.